The van der Waals surface area contributed by atoms with E-state index in [2.05, 4.69) is 31.2 Å². The zero-order valence-electron chi connectivity index (χ0n) is 21.9. The van der Waals surface area contributed by atoms with Gasteiger partial charge in [0.1, 0.15) is 11.5 Å². The summed E-state index contributed by atoms with van der Waals surface area (Å²) in [7, 11) is 3.15. The van der Waals surface area contributed by atoms with E-state index in [0.29, 0.717) is 44.6 Å². The predicted octanol–water partition coefficient (Wildman–Crippen LogP) is 5.63. The fraction of sp³-hybridized carbons (Fsp3) is 0.300. The van der Waals surface area contributed by atoms with Gasteiger partial charge in [0.15, 0.2) is 5.16 Å². The maximum Gasteiger partial charge on any atom is 0.266 e. The zero-order chi connectivity index (χ0) is 26.6. The first-order valence-electron chi connectivity index (χ1n) is 12.7. The first kappa shape index (κ1) is 25.9. The number of ether oxygens (including phenoxy) is 2. The van der Waals surface area contributed by atoms with Crippen molar-refractivity contribution in [2.24, 2.45) is 0 Å². The molecule has 0 saturated carbocycles. The number of carbonyl (C=O) groups is 1. The molecular formula is C30H31N3O4S. The molecule has 8 heteroatoms. The lowest BCUT2D eigenvalue weighted by atomic mass is 10.1. The van der Waals surface area contributed by atoms with Crippen molar-refractivity contribution in [2.45, 2.75) is 37.1 Å². The number of hydrogen-bond donors (Lipinski definition) is 0. The van der Waals surface area contributed by atoms with Crippen LogP contribution in [0.15, 0.2) is 70.6 Å². The van der Waals surface area contributed by atoms with Crippen molar-refractivity contribution in [3.8, 4) is 17.2 Å². The normalized spacial score (nSPS) is 13.5. The van der Waals surface area contributed by atoms with Gasteiger partial charge in [-0.1, -0.05) is 41.6 Å². The van der Waals surface area contributed by atoms with Gasteiger partial charge in [0.25, 0.3) is 11.5 Å². The maximum atomic E-state index is 13.9. The fourth-order valence-electron chi connectivity index (χ4n) is 4.66. The van der Waals surface area contributed by atoms with Gasteiger partial charge in [-0.05, 0) is 49.9 Å². The van der Waals surface area contributed by atoms with Crippen molar-refractivity contribution >= 4 is 28.6 Å². The molecule has 1 amide bonds. The fourth-order valence-corrected chi connectivity index (χ4v) is 5.62. The number of aryl methyl sites for hydroxylation is 1. The van der Waals surface area contributed by atoms with E-state index in [1.807, 2.05) is 4.90 Å². The number of fused-ring (bicyclic) bond motifs is 1. The molecule has 0 unspecified atom stereocenters. The maximum absolute atomic E-state index is 13.9. The smallest absolute Gasteiger partial charge is 0.266 e. The minimum absolute atomic E-state index is 0.0102. The van der Waals surface area contributed by atoms with Gasteiger partial charge in [-0.25, -0.2) is 4.98 Å². The molecule has 3 aromatic carbocycles. The number of nitrogens with zero attached hydrogens (tertiary/aromatic N) is 3. The van der Waals surface area contributed by atoms with Crippen molar-refractivity contribution in [3.05, 3.63) is 87.7 Å². The average molecular weight is 530 g/mol. The van der Waals surface area contributed by atoms with Crippen LogP contribution < -0.4 is 15.0 Å². The predicted molar refractivity (Wildman–Crippen MR) is 151 cm³/mol. The van der Waals surface area contributed by atoms with E-state index in [4.69, 9.17) is 14.5 Å². The molecule has 1 aliphatic heterocycles. The second-order valence-corrected chi connectivity index (χ2v) is 10.4. The topological polar surface area (TPSA) is 73.7 Å². The van der Waals surface area contributed by atoms with Crippen LogP contribution in [0.4, 0.5) is 0 Å². The summed E-state index contributed by atoms with van der Waals surface area (Å²) in [4.78, 5) is 33.9. The molecule has 38 heavy (non-hydrogen) atoms. The zero-order valence-corrected chi connectivity index (χ0v) is 22.7. The van der Waals surface area contributed by atoms with Crippen LogP contribution in [0.1, 0.15) is 40.7 Å². The Morgan fingerprint density at radius 3 is 2.26 bits per heavy atom. The van der Waals surface area contributed by atoms with E-state index < -0.39 is 0 Å². The molecule has 1 saturated heterocycles. The van der Waals surface area contributed by atoms with Crippen LogP contribution in [0.3, 0.4) is 0 Å². The minimum Gasteiger partial charge on any atom is -0.497 e. The van der Waals surface area contributed by atoms with Crippen LogP contribution in [-0.4, -0.2) is 47.7 Å². The van der Waals surface area contributed by atoms with Gasteiger partial charge in [-0.15, -0.1) is 0 Å². The first-order valence-corrected chi connectivity index (χ1v) is 13.7. The van der Waals surface area contributed by atoms with Gasteiger partial charge in [0.2, 0.25) is 0 Å². The number of hydrogen-bond acceptors (Lipinski definition) is 6. The average Bonchev–Trinajstić information content (AvgIpc) is 2.96. The summed E-state index contributed by atoms with van der Waals surface area (Å²) in [5.41, 5.74) is 3.76. The highest BCUT2D eigenvalue weighted by molar-refractivity contribution is 7.98. The molecule has 1 aromatic heterocycles. The minimum atomic E-state index is -0.214. The molecule has 1 fully saturated rings. The number of thioether (sulfide) groups is 1. The van der Waals surface area contributed by atoms with Gasteiger partial charge in [-0.2, -0.15) is 0 Å². The molecule has 1 aliphatic rings. The summed E-state index contributed by atoms with van der Waals surface area (Å²) in [6.45, 7) is 3.58. The van der Waals surface area contributed by atoms with Gasteiger partial charge in [0, 0.05) is 42.6 Å². The summed E-state index contributed by atoms with van der Waals surface area (Å²) in [5, 5.41) is 0.975. The Bertz CT molecular complexity index is 1500. The van der Waals surface area contributed by atoms with E-state index in [-0.39, 0.29) is 11.5 Å². The molecule has 7 nitrogen and oxygen atoms in total. The number of carbonyl (C=O) groups excluding carboxylic acids is 1. The summed E-state index contributed by atoms with van der Waals surface area (Å²) in [6, 6.07) is 18.8. The Morgan fingerprint density at radius 1 is 0.921 bits per heavy atom. The third-order valence-electron chi connectivity index (χ3n) is 6.81. The van der Waals surface area contributed by atoms with Crippen LogP contribution in [0.2, 0.25) is 0 Å². The Hall–Kier alpha value is -3.78. The van der Waals surface area contributed by atoms with Crippen LogP contribution >= 0.6 is 11.8 Å². The molecule has 0 aliphatic carbocycles. The Kier molecular flexibility index (Phi) is 7.69. The summed E-state index contributed by atoms with van der Waals surface area (Å²) in [5.74, 6) is 1.77. The van der Waals surface area contributed by atoms with Crippen LogP contribution in [-0.2, 0) is 5.75 Å². The van der Waals surface area contributed by atoms with Gasteiger partial charge in [0.05, 0.1) is 30.8 Å². The van der Waals surface area contributed by atoms with E-state index >= 15 is 0 Å². The lowest BCUT2D eigenvalue weighted by Gasteiger charge is -2.26. The number of likely N-dealkylation sites (tertiary alicyclic amines) is 1. The summed E-state index contributed by atoms with van der Waals surface area (Å²) in [6.07, 6.45) is 3.19. The molecule has 4 aromatic rings. The monoisotopic (exact) mass is 529 g/mol. The number of rotatable bonds is 7. The SMILES string of the molecule is COc1cc(OC)cc(-n2c(SCc3ccc(C)cc3)nc3cc(C(=O)N4CCCCC4)ccc3c2=O)c1. The molecule has 0 bridgehead atoms. The lowest BCUT2D eigenvalue weighted by molar-refractivity contribution is 0.0724. The number of aromatic nitrogens is 2. The molecule has 0 spiro atoms. The molecule has 5 rings (SSSR count). The van der Waals surface area contributed by atoms with E-state index in [1.54, 1.807) is 55.2 Å². The molecule has 0 atom stereocenters. The van der Waals surface area contributed by atoms with E-state index in [9.17, 15) is 9.59 Å². The molecule has 196 valence electrons. The highest BCUT2D eigenvalue weighted by Gasteiger charge is 2.21. The molecular weight excluding hydrogens is 498 g/mol. The van der Waals surface area contributed by atoms with Crippen LogP contribution in [0.25, 0.3) is 16.6 Å². The standard InChI is InChI=1S/C30H31N3O4S/c1-20-7-9-21(10-8-20)19-38-30-31-27-15-22(28(34)32-13-5-4-6-14-32)11-12-26(27)29(35)33(30)23-16-24(36-2)18-25(17-23)37-3/h7-12,15-18H,4-6,13-14,19H2,1-3H3. The largest absolute Gasteiger partial charge is 0.497 e. The summed E-state index contributed by atoms with van der Waals surface area (Å²) < 4.78 is 12.5. The lowest BCUT2D eigenvalue weighted by Crippen LogP contribution is -2.35. The van der Waals surface area contributed by atoms with E-state index in [0.717, 1.165) is 37.9 Å². The third-order valence-corrected chi connectivity index (χ3v) is 7.82. The Balaban J connectivity index is 1.62. The quantitative estimate of drug-likeness (QED) is 0.228. The molecule has 0 radical (unpaired) electrons. The van der Waals surface area contributed by atoms with Gasteiger partial charge < -0.3 is 14.4 Å². The number of amides is 1. The van der Waals surface area contributed by atoms with Crippen LogP contribution in [0.5, 0.6) is 11.5 Å². The van der Waals surface area contributed by atoms with Crippen molar-refractivity contribution in [2.75, 3.05) is 27.3 Å². The highest BCUT2D eigenvalue weighted by Crippen LogP contribution is 2.30. The van der Waals surface area contributed by atoms with Crippen LogP contribution in [0, 0.1) is 6.92 Å². The van der Waals surface area contributed by atoms with E-state index in [1.165, 1.54) is 17.3 Å². The van der Waals surface area contributed by atoms with Crippen molar-refractivity contribution in [1.29, 1.82) is 0 Å². The number of piperidine rings is 1. The van der Waals surface area contributed by atoms with Crippen molar-refractivity contribution in [1.82, 2.24) is 14.5 Å². The van der Waals surface area contributed by atoms with Crippen molar-refractivity contribution in [3.63, 3.8) is 0 Å². The van der Waals surface area contributed by atoms with Crippen molar-refractivity contribution < 1.29 is 14.3 Å². The number of methoxy groups -OCH3 is 2. The highest BCUT2D eigenvalue weighted by atomic mass is 32.2. The van der Waals surface area contributed by atoms with Gasteiger partial charge >= 0.3 is 0 Å². The Labute approximate surface area is 226 Å². The second-order valence-electron chi connectivity index (χ2n) is 9.46. The summed E-state index contributed by atoms with van der Waals surface area (Å²) >= 11 is 1.47. The Morgan fingerprint density at radius 2 is 1.61 bits per heavy atom. The number of benzene rings is 3. The third kappa shape index (κ3) is 5.41. The molecule has 2 heterocycles. The van der Waals surface area contributed by atoms with Gasteiger partial charge in [-0.3, -0.25) is 14.2 Å². The second kappa shape index (κ2) is 11.3. The first-order chi connectivity index (χ1) is 18.5. The molecule has 0 N–H and O–H groups in total.